The predicted molar refractivity (Wildman–Crippen MR) is 170 cm³/mol. The van der Waals surface area contributed by atoms with Gasteiger partial charge < -0.3 is 23.4 Å². The highest BCUT2D eigenvalue weighted by Gasteiger charge is 2.61. The maximum absolute atomic E-state index is 12.8. The molecule has 0 aliphatic carbocycles. The van der Waals surface area contributed by atoms with Gasteiger partial charge >= 0.3 is 17.1 Å². The van der Waals surface area contributed by atoms with E-state index in [0.717, 1.165) is 0 Å². The molecule has 2 saturated heterocycles. The zero-order valence-electron chi connectivity index (χ0n) is 25.6. The van der Waals surface area contributed by atoms with Gasteiger partial charge in [0.15, 0.2) is 17.0 Å². The average Bonchev–Trinajstić information content (AvgIpc) is 3.49. The van der Waals surface area contributed by atoms with Gasteiger partial charge in [0.05, 0.1) is 24.3 Å². The third-order valence-electron chi connectivity index (χ3n) is 8.54. The Balaban J connectivity index is 1.49. The van der Waals surface area contributed by atoms with E-state index in [1.165, 1.54) is 6.33 Å². The van der Waals surface area contributed by atoms with Crippen LogP contribution in [0.15, 0.2) is 43.0 Å². The van der Waals surface area contributed by atoms with Crippen molar-refractivity contribution in [2.24, 2.45) is 0 Å². The number of nitrogens with one attached hydrogen (secondary N) is 1. The van der Waals surface area contributed by atoms with Crippen molar-refractivity contribution in [2.75, 3.05) is 11.9 Å². The fourth-order valence-electron chi connectivity index (χ4n) is 6.27. The van der Waals surface area contributed by atoms with Crippen LogP contribution < -0.4 is 5.32 Å². The average molecular weight is 630 g/mol. The molecule has 4 heterocycles. The second kappa shape index (κ2) is 12.1. The molecule has 3 aromatic rings. The van der Waals surface area contributed by atoms with E-state index in [1.54, 1.807) is 30.2 Å². The fraction of sp³-hybridized carbons (Fsp3) is 0.586. The maximum atomic E-state index is 12.8. The minimum atomic E-state index is -2.87. The summed E-state index contributed by atoms with van der Waals surface area (Å²) in [5, 5.41) is 14.2. The van der Waals surface area contributed by atoms with Gasteiger partial charge in [-0.15, -0.1) is 11.8 Å². The molecule has 0 bridgehead atoms. The number of aliphatic hydroxyl groups excluding tert-OH is 1. The first-order valence-electron chi connectivity index (χ1n) is 14.8. The van der Waals surface area contributed by atoms with Crippen LogP contribution in [-0.2, 0) is 13.0 Å². The summed E-state index contributed by atoms with van der Waals surface area (Å²) in [5.74, 6) is 0.0379. The van der Waals surface area contributed by atoms with Crippen LogP contribution in [-0.4, -0.2) is 71.7 Å². The van der Waals surface area contributed by atoms with E-state index < -0.39 is 34.7 Å². The van der Waals surface area contributed by atoms with Gasteiger partial charge in [-0.25, -0.2) is 15.0 Å². The van der Waals surface area contributed by atoms with E-state index in [4.69, 9.17) is 13.0 Å². The SMILES string of the molecule is CC(C)[Si]1(C(C)C)OC[C@H]2S[C@@H](n3cnc4c(NC(=O)c5ccccc5)ncnc43)[C@H](O)[C@@H]2O[Si](C(C)C)(C(C)C)O1. The number of aromatic nitrogens is 4. The number of anilines is 1. The van der Waals surface area contributed by atoms with Crippen LogP contribution in [0.25, 0.3) is 11.2 Å². The third-order valence-corrected chi connectivity index (χ3v) is 20.3. The molecule has 0 spiro atoms. The number of hydrogen-bond donors (Lipinski definition) is 2. The summed E-state index contributed by atoms with van der Waals surface area (Å²) in [6.07, 6.45) is 1.74. The van der Waals surface area contributed by atoms with Crippen LogP contribution in [0.1, 0.15) is 71.1 Å². The highest BCUT2D eigenvalue weighted by Crippen LogP contribution is 2.52. The lowest BCUT2D eigenvalue weighted by molar-refractivity contribution is -0.00831. The predicted octanol–water partition coefficient (Wildman–Crippen LogP) is 6.01. The molecule has 13 heteroatoms. The Morgan fingerprint density at radius 2 is 1.62 bits per heavy atom. The number of hydrogen-bond acceptors (Lipinski definition) is 9. The molecule has 2 N–H and O–H groups in total. The van der Waals surface area contributed by atoms with Gasteiger partial charge in [-0.3, -0.25) is 9.36 Å². The monoisotopic (exact) mass is 629 g/mol. The van der Waals surface area contributed by atoms with Gasteiger partial charge in [0.1, 0.15) is 17.8 Å². The molecule has 10 nitrogen and oxygen atoms in total. The molecule has 5 rings (SSSR count). The molecule has 2 aliphatic rings. The summed E-state index contributed by atoms with van der Waals surface area (Å²) in [4.78, 5) is 26.2. The summed E-state index contributed by atoms with van der Waals surface area (Å²) in [6.45, 7) is 18.0. The molecule has 228 valence electrons. The van der Waals surface area contributed by atoms with Crippen molar-refractivity contribution < 1.29 is 22.9 Å². The Labute approximate surface area is 254 Å². The maximum Gasteiger partial charge on any atom is 0.335 e. The number of aliphatic hydroxyl groups is 1. The summed E-state index contributed by atoms with van der Waals surface area (Å²) in [7, 11) is -5.56. The Kier molecular flexibility index (Phi) is 9.01. The molecule has 2 aliphatic heterocycles. The molecule has 2 fully saturated rings. The van der Waals surface area contributed by atoms with Gasteiger partial charge in [-0.2, -0.15) is 0 Å². The van der Waals surface area contributed by atoms with Crippen molar-refractivity contribution in [1.29, 1.82) is 0 Å². The fourth-order valence-corrected chi connectivity index (χ4v) is 19.2. The van der Waals surface area contributed by atoms with Crippen LogP contribution in [0.2, 0.25) is 22.2 Å². The molecule has 4 atom stereocenters. The van der Waals surface area contributed by atoms with E-state index in [0.29, 0.717) is 29.2 Å². The minimum absolute atomic E-state index is 0.0980. The van der Waals surface area contributed by atoms with E-state index in [1.807, 2.05) is 22.8 Å². The van der Waals surface area contributed by atoms with Crippen molar-refractivity contribution in [3.63, 3.8) is 0 Å². The first-order valence-corrected chi connectivity index (χ1v) is 19.7. The molecule has 0 radical (unpaired) electrons. The number of nitrogens with zero attached hydrogens (tertiary/aromatic N) is 4. The molecule has 0 unspecified atom stereocenters. The number of thioether (sulfide) groups is 1. The number of benzene rings is 1. The largest absolute Gasteiger partial charge is 0.414 e. The second-order valence-corrected chi connectivity index (χ2v) is 22.7. The Morgan fingerprint density at radius 1 is 0.976 bits per heavy atom. The van der Waals surface area contributed by atoms with E-state index in [-0.39, 0.29) is 33.3 Å². The highest BCUT2D eigenvalue weighted by atomic mass is 32.2. The van der Waals surface area contributed by atoms with Crippen LogP contribution in [0, 0.1) is 0 Å². The number of carbonyl (C=O) groups is 1. The van der Waals surface area contributed by atoms with E-state index in [2.05, 4.69) is 75.7 Å². The summed E-state index contributed by atoms with van der Waals surface area (Å²) >= 11 is 1.63. The molecular formula is C29H43N5O5SSi2. The van der Waals surface area contributed by atoms with E-state index >= 15 is 0 Å². The van der Waals surface area contributed by atoms with Gasteiger partial charge in [0.2, 0.25) is 0 Å². The number of rotatable bonds is 7. The van der Waals surface area contributed by atoms with Gasteiger partial charge in [-0.05, 0) is 34.3 Å². The minimum Gasteiger partial charge on any atom is -0.414 e. The molecule has 1 aromatic carbocycles. The molecule has 0 saturated carbocycles. The summed E-state index contributed by atoms with van der Waals surface area (Å²) < 4.78 is 23.2. The van der Waals surface area contributed by atoms with Gasteiger partial charge in [0.25, 0.3) is 5.91 Å². The standard InChI is InChI=1S/C29H43N5O5SSi2/c1-17(2)41(18(3)4)37-14-22-25(38-42(39-41,19(5)6)20(7)8)24(35)29(40-22)34-16-32-23-26(30-15-31-27(23)34)33-28(36)21-12-10-9-11-13-21/h9-13,15-20,22,24-25,29,35H,14H2,1-8H3,(H,30,31,33,36)/t22-,24-,25-,29-/m1/s1. The molecule has 42 heavy (non-hydrogen) atoms. The summed E-state index contributed by atoms with van der Waals surface area (Å²) in [5.41, 5.74) is 2.32. The first-order chi connectivity index (χ1) is 19.9. The van der Waals surface area contributed by atoms with Gasteiger partial charge in [-0.1, -0.05) is 73.6 Å². The van der Waals surface area contributed by atoms with Crippen LogP contribution in [0.4, 0.5) is 5.82 Å². The number of carbonyl (C=O) groups excluding carboxylic acids is 1. The topological polar surface area (TPSA) is 121 Å². The van der Waals surface area contributed by atoms with Crippen LogP contribution in [0.3, 0.4) is 0 Å². The second-order valence-electron chi connectivity index (χ2n) is 12.5. The lowest BCUT2D eigenvalue weighted by Crippen LogP contribution is -2.65. The third kappa shape index (κ3) is 5.37. The van der Waals surface area contributed by atoms with Crippen molar-refractivity contribution in [3.05, 3.63) is 48.5 Å². The number of fused-ring (bicyclic) bond motifs is 2. The Bertz CT molecular complexity index is 1390. The van der Waals surface area contributed by atoms with Gasteiger partial charge in [0, 0.05) is 5.56 Å². The highest BCUT2D eigenvalue weighted by molar-refractivity contribution is 8.00. The van der Waals surface area contributed by atoms with Crippen molar-refractivity contribution in [3.8, 4) is 0 Å². The number of imidazole rings is 1. The van der Waals surface area contributed by atoms with Crippen molar-refractivity contribution in [1.82, 2.24) is 19.5 Å². The Hall–Kier alpha value is -2.14. The smallest absolute Gasteiger partial charge is 0.335 e. The molecular weight excluding hydrogens is 587 g/mol. The van der Waals surface area contributed by atoms with Crippen molar-refractivity contribution in [2.45, 2.75) is 100 Å². The lowest BCUT2D eigenvalue weighted by atomic mass is 10.1. The van der Waals surface area contributed by atoms with Crippen LogP contribution >= 0.6 is 11.8 Å². The van der Waals surface area contributed by atoms with Crippen LogP contribution in [0.5, 0.6) is 0 Å². The first kappa shape index (κ1) is 31.3. The zero-order valence-corrected chi connectivity index (χ0v) is 28.5. The summed E-state index contributed by atoms with van der Waals surface area (Å²) in [6, 6.07) is 8.96. The Morgan fingerprint density at radius 3 is 2.24 bits per heavy atom. The molecule has 2 aromatic heterocycles. The zero-order chi connectivity index (χ0) is 30.4. The number of amides is 1. The van der Waals surface area contributed by atoms with E-state index in [9.17, 15) is 9.90 Å². The normalized spacial score (nSPS) is 25.6. The lowest BCUT2D eigenvalue weighted by Gasteiger charge is -2.51. The van der Waals surface area contributed by atoms with Crippen molar-refractivity contribution >= 4 is 51.8 Å². The quantitative estimate of drug-likeness (QED) is 0.303. The molecule has 1 amide bonds.